The standard InChI is InChI=1S/C18H25N4O19P3.3C12H27N.B/c23-9-1-3-21(17(29)19-9)15-13(27)11(25)7(38-15)5-36-42(31)40-44(34,35)41-43(32,33)37-6-8-12(26)14(28)16(39-8)22-4-2-10(24)20-18(22)30;3*1-4-7-10-13(11-8-5-2)12-9-6-3;/h1-4,7-8,11-16,25-28,31H,5-6H2,(H,32,33)(H,34,35)(H,19,23,29)(H,20,24,30);3*4-12H2,1-3H3;/t7-,8-,11-,12-,13-,14-,15-,16-,42+;;;;/m1..../s1. The first-order valence-corrected chi connectivity index (χ1v) is 34.3. The number of nitrogens with zero attached hydrogens (tertiary/aromatic N) is 5. The fraction of sp³-hybridized carbons (Fsp3) is 0.852. The molecule has 2 unspecified atom stereocenters. The van der Waals surface area contributed by atoms with E-state index >= 15 is 0 Å². The number of nitrogens with one attached hydrogen (secondary N) is 2. The lowest BCUT2D eigenvalue weighted by Crippen LogP contribution is -2.37. The molecule has 0 aliphatic carbocycles. The number of H-pyrrole nitrogens is 2. The Balaban J connectivity index is 0.00000140. The third-order valence-electron chi connectivity index (χ3n) is 13.5. The number of aromatic nitrogens is 4. The van der Waals surface area contributed by atoms with Crippen LogP contribution in [0.25, 0.3) is 0 Å². The first-order chi connectivity index (χ1) is 39.5. The Labute approximate surface area is 501 Å². The monoisotopic (exact) mass is 1260 g/mol. The van der Waals surface area contributed by atoms with E-state index in [0.717, 1.165) is 29.1 Å². The number of unbranched alkanes of at least 4 members (excludes halogenated alkanes) is 9. The largest absolute Gasteiger partial charge is 0.487 e. The predicted molar refractivity (Wildman–Crippen MR) is 327 cm³/mol. The molecule has 3 radical (unpaired) electrons. The van der Waals surface area contributed by atoms with Gasteiger partial charge in [0.15, 0.2) is 12.5 Å². The van der Waals surface area contributed by atoms with E-state index in [-0.39, 0.29) is 8.41 Å². The van der Waals surface area contributed by atoms with Gasteiger partial charge in [-0.3, -0.25) is 33.2 Å². The maximum atomic E-state index is 12.2. The second-order valence-electron chi connectivity index (χ2n) is 20.8. The average Bonchev–Trinajstić information content (AvgIpc) is 3.78. The van der Waals surface area contributed by atoms with Crippen LogP contribution in [0.3, 0.4) is 0 Å². The summed E-state index contributed by atoms with van der Waals surface area (Å²) in [6, 6.07) is 1.86. The van der Waals surface area contributed by atoms with Crippen molar-refractivity contribution < 1.29 is 71.4 Å². The zero-order chi connectivity index (χ0) is 62.4. The molecule has 2 aliphatic heterocycles. The number of aliphatic hydroxyl groups excluding tert-OH is 4. The molecule has 84 heavy (non-hydrogen) atoms. The topological polar surface area (TPSA) is 351 Å². The Morgan fingerprint density at radius 2 is 0.786 bits per heavy atom. The molecule has 489 valence electrons. The molecule has 2 fully saturated rings. The van der Waals surface area contributed by atoms with Gasteiger partial charge in [0.25, 0.3) is 11.1 Å². The van der Waals surface area contributed by atoms with Crippen LogP contribution in [-0.4, -0.2) is 186 Å². The van der Waals surface area contributed by atoms with Crippen LogP contribution >= 0.6 is 24.2 Å². The summed E-state index contributed by atoms with van der Waals surface area (Å²) in [6.07, 6.45) is 13.0. The van der Waals surface area contributed by atoms with Gasteiger partial charge in [0.1, 0.15) is 36.6 Å². The summed E-state index contributed by atoms with van der Waals surface area (Å²) in [5.74, 6) is 0. The first-order valence-electron chi connectivity index (χ1n) is 30.2. The van der Waals surface area contributed by atoms with Gasteiger partial charge in [0.2, 0.25) is 0 Å². The molecular weight excluding hydrogens is 1150 g/mol. The van der Waals surface area contributed by atoms with Crippen LogP contribution in [0.1, 0.15) is 190 Å². The van der Waals surface area contributed by atoms with E-state index in [2.05, 4.69) is 90.2 Å². The minimum atomic E-state index is -5.64. The molecular formula is C54H106BN7O19P3. The Bertz CT molecular complexity index is 2210. The molecule has 9 N–H and O–H groups in total. The number of aliphatic hydroxyl groups is 4. The Kier molecular flexibility index (Phi) is 45.4. The molecule has 2 saturated heterocycles. The van der Waals surface area contributed by atoms with Gasteiger partial charge in [-0.25, -0.2) is 23.0 Å². The van der Waals surface area contributed by atoms with E-state index in [1.165, 1.54) is 174 Å². The highest BCUT2D eigenvalue weighted by molar-refractivity contribution is 7.65. The summed E-state index contributed by atoms with van der Waals surface area (Å²) in [7, 11) is -14.5. The molecule has 4 heterocycles. The summed E-state index contributed by atoms with van der Waals surface area (Å²) in [6.45, 7) is 30.5. The molecule has 0 spiro atoms. The first kappa shape index (κ1) is 81.7. The van der Waals surface area contributed by atoms with Gasteiger partial charge >= 0.3 is 35.6 Å². The number of phosphoric ester groups is 1. The Morgan fingerprint density at radius 3 is 1.06 bits per heavy atom. The van der Waals surface area contributed by atoms with Crippen molar-refractivity contribution in [2.75, 3.05) is 72.1 Å². The normalized spacial score (nSPS) is 22.0. The molecule has 26 nitrogen and oxygen atoms in total. The molecule has 0 amide bonds. The van der Waals surface area contributed by atoms with E-state index < -0.39 is 109 Å². The summed E-state index contributed by atoms with van der Waals surface area (Å²) in [5.41, 5.74) is -3.50. The lowest BCUT2D eigenvalue weighted by atomic mass is 10.1. The van der Waals surface area contributed by atoms with E-state index in [9.17, 15) is 63.4 Å². The van der Waals surface area contributed by atoms with Gasteiger partial charge in [-0.1, -0.05) is 120 Å². The van der Waals surface area contributed by atoms with Crippen molar-refractivity contribution in [1.82, 2.24) is 33.8 Å². The fourth-order valence-corrected chi connectivity index (χ4v) is 11.6. The zero-order valence-electron chi connectivity index (χ0n) is 51.6. The molecule has 2 aromatic heterocycles. The van der Waals surface area contributed by atoms with Crippen LogP contribution in [0.15, 0.2) is 43.7 Å². The van der Waals surface area contributed by atoms with E-state index in [0.29, 0.717) is 4.57 Å². The van der Waals surface area contributed by atoms with Crippen LogP contribution in [0, 0.1) is 0 Å². The highest BCUT2D eigenvalue weighted by Crippen LogP contribution is 2.65. The molecule has 0 saturated carbocycles. The smallest absolute Gasteiger partial charge is 0.387 e. The minimum Gasteiger partial charge on any atom is -0.387 e. The maximum absolute atomic E-state index is 12.2. The summed E-state index contributed by atoms with van der Waals surface area (Å²) in [4.78, 5) is 87.5. The van der Waals surface area contributed by atoms with Crippen molar-refractivity contribution in [3.05, 3.63) is 66.2 Å². The lowest BCUT2D eigenvalue weighted by Gasteiger charge is -2.21. The van der Waals surface area contributed by atoms with E-state index in [4.69, 9.17) is 14.0 Å². The zero-order valence-corrected chi connectivity index (χ0v) is 54.3. The highest BCUT2D eigenvalue weighted by atomic mass is 31.3. The molecule has 2 aromatic rings. The third kappa shape index (κ3) is 33.3. The third-order valence-corrected chi connectivity index (χ3v) is 17.4. The van der Waals surface area contributed by atoms with Crippen LogP contribution in [0.5, 0.6) is 0 Å². The second-order valence-corrected chi connectivity index (χ2v) is 24.9. The Hall–Kier alpha value is -2.33. The van der Waals surface area contributed by atoms with Crippen molar-refractivity contribution in [3.63, 3.8) is 0 Å². The summed E-state index contributed by atoms with van der Waals surface area (Å²) < 4.78 is 54.0. The van der Waals surface area contributed by atoms with E-state index in [1.807, 2.05) is 9.97 Å². The minimum absolute atomic E-state index is 0. The number of ether oxygens (including phenoxy) is 2. The van der Waals surface area contributed by atoms with Crippen LogP contribution in [-0.2, 0) is 36.3 Å². The number of hydrogen-bond donors (Lipinski definition) is 9. The Morgan fingerprint density at radius 1 is 0.500 bits per heavy atom. The number of aromatic amines is 2. The van der Waals surface area contributed by atoms with Gasteiger partial charge in [-0.15, -0.1) is 0 Å². The average molecular weight is 1260 g/mol. The number of rotatable bonds is 39. The van der Waals surface area contributed by atoms with Crippen molar-refractivity contribution >= 4 is 32.7 Å². The van der Waals surface area contributed by atoms with Gasteiger partial charge in [0, 0.05) is 32.9 Å². The van der Waals surface area contributed by atoms with Crippen LogP contribution < -0.4 is 22.5 Å². The van der Waals surface area contributed by atoms with Crippen LogP contribution in [0.2, 0.25) is 0 Å². The molecule has 0 aromatic carbocycles. The molecule has 11 atom stereocenters. The van der Waals surface area contributed by atoms with Gasteiger partial charge in [0.05, 0.1) is 13.2 Å². The molecule has 4 rings (SSSR count). The van der Waals surface area contributed by atoms with Crippen molar-refractivity contribution in [3.8, 4) is 0 Å². The number of hydrogen-bond acceptors (Lipinski definition) is 20. The summed E-state index contributed by atoms with van der Waals surface area (Å²) >= 11 is 0. The maximum Gasteiger partial charge on any atom is 0.487 e. The lowest BCUT2D eigenvalue weighted by molar-refractivity contribution is -0.0544. The van der Waals surface area contributed by atoms with E-state index in [1.54, 1.807) is 0 Å². The van der Waals surface area contributed by atoms with Crippen molar-refractivity contribution in [1.29, 1.82) is 0 Å². The van der Waals surface area contributed by atoms with Gasteiger partial charge in [-0.2, -0.15) is 4.31 Å². The van der Waals surface area contributed by atoms with Crippen molar-refractivity contribution in [2.45, 2.75) is 227 Å². The fourth-order valence-electron chi connectivity index (χ4n) is 8.48. The molecule has 0 bridgehead atoms. The quantitative estimate of drug-likeness (QED) is 0.0255. The second kappa shape index (κ2) is 46.7. The number of phosphoric acid groups is 2. The molecule has 30 heteroatoms. The predicted octanol–water partition coefficient (Wildman–Crippen LogP) is 6.50. The van der Waals surface area contributed by atoms with Crippen LogP contribution in [0.4, 0.5) is 0 Å². The SMILES string of the molecule is CCCCN(CCCC)CCCC.CCCCN(CCCC)CCCC.CCCCN(CCCC)CCCC.O=c1ccn([C@@H]2O[C@H](CO[P@](O)OP(=O)(O)OP(=O)(O)OC[C@H]3O[C@@H](n4ccc(=O)[nH]c4=O)[C@H](O)[C@@H]3O)[C@@H](O)[C@H]2O)c(=O)[nH]1.[B]. The van der Waals surface area contributed by atoms with Gasteiger partial charge in [-0.05, 0) is 117 Å². The summed E-state index contributed by atoms with van der Waals surface area (Å²) in [5, 5.41) is 40.7. The highest BCUT2D eigenvalue weighted by Gasteiger charge is 2.47. The molecule has 2 aliphatic rings. The van der Waals surface area contributed by atoms with Gasteiger partial charge < -0.3 is 63.8 Å². The van der Waals surface area contributed by atoms with Crippen molar-refractivity contribution in [2.24, 2.45) is 0 Å².